The number of benzene rings is 3. The lowest BCUT2D eigenvalue weighted by Gasteiger charge is -2.46. The van der Waals surface area contributed by atoms with Crippen LogP contribution in [0.5, 0.6) is 5.75 Å². The average Bonchev–Trinajstić information content (AvgIpc) is 2.94. The highest BCUT2D eigenvalue weighted by Crippen LogP contribution is 2.45. The van der Waals surface area contributed by atoms with Gasteiger partial charge < -0.3 is 20.5 Å². The predicted octanol–water partition coefficient (Wildman–Crippen LogP) is 7.15. The highest BCUT2D eigenvalue weighted by Gasteiger charge is 2.43. The van der Waals surface area contributed by atoms with Gasteiger partial charge in [-0.05, 0) is 91.3 Å². The molecule has 1 amide bonds. The van der Waals surface area contributed by atoms with Crippen LogP contribution in [-0.4, -0.2) is 35.7 Å². The first-order valence-corrected chi connectivity index (χ1v) is 14.6. The summed E-state index contributed by atoms with van der Waals surface area (Å²) < 4.78 is 5.67. The number of fused-ring (bicyclic) bond motifs is 1. The summed E-state index contributed by atoms with van der Waals surface area (Å²) in [5.74, 6) is 0.834. The number of piperidine rings is 1. The minimum atomic E-state index is -0.824. The zero-order valence-corrected chi connectivity index (χ0v) is 23.7. The number of carbonyl (C=O) groups is 2. The molecular weight excluding hydrogens is 547 g/mol. The SMILES string of the molecule is O=C(O)CCCOc1ccc(NC2CC(=O)NC3CCC(C(c4ccc(Cl)cc4)c4ccc(Cl)cc4)CC32)cc1. The van der Waals surface area contributed by atoms with Gasteiger partial charge in [-0.15, -0.1) is 0 Å². The van der Waals surface area contributed by atoms with E-state index in [0.29, 0.717) is 31.1 Å². The molecule has 2 aliphatic rings. The molecule has 1 saturated heterocycles. The van der Waals surface area contributed by atoms with Crippen LogP contribution in [0.1, 0.15) is 55.6 Å². The van der Waals surface area contributed by atoms with Crippen LogP contribution in [0.15, 0.2) is 72.8 Å². The van der Waals surface area contributed by atoms with Gasteiger partial charge in [0.05, 0.1) is 6.61 Å². The molecule has 6 nitrogen and oxygen atoms in total. The molecule has 1 saturated carbocycles. The number of ether oxygens (including phenoxy) is 1. The maximum Gasteiger partial charge on any atom is 0.303 e. The van der Waals surface area contributed by atoms with E-state index in [9.17, 15) is 9.59 Å². The van der Waals surface area contributed by atoms with Crippen molar-refractivity contribution in [3.05, 3.63) is 94.0 Å². The maximum atomic E-state index is 12.7. The number of carboxylic acids is 1. The molecule has 4 atom stereocenters. The number of hydrogen-bond acceptors (Lipinski definition) is 4. The van der Waals surface area contributed by atoms with Crippen molar-refractivity contribution in [3.8, 4) is 5.75 Å². The smallest absolute Gasteiger partial charge is 0.303 e. The molecule has 0 aromatic heterocycles. The van der Waals surface area contributed by atoms with Crippen molar-refractivity contribution >= 4 is 40.8 Å². The molecule has 3 aromatic rings. The fourth-order valence-corrected chi connectivity index (χ4v) is 6.54. The summed E-state index contributed by atoms with van der Waals surface area (Å²) >= 11 is 12.5. The summed E-state index contributed by atoms with van der Waals surface area (Å²) in [7, 11) is 0. The number of carboxylic acid groups (broad SMARTS) is 1. The summed E-state index contributed by atoms with van der Waals surface area (Å²) in [6.07, 6.45) is 3.89. The summed E-state index contributed by atoms with van der Waals surface area (Å²) in [4.78, 5) is 23.3. The standard InChI is InChI=1S/C32H34Cl2N2O4/c33-23-8-3-20(4-9-23)32(21-5-10-24(34)11-6-21)22-7-16-28-27(18-22)29(19-30(37)36-28)35-25-12-14-26(15-13-25)40-17-1-2-31(38)39/h3-6,8-15,22,27-29,32,35H,1-2,7,16-19H2,(H,36,37)(H,38,39). The third-order valence-electron chi connectivity index (χ3n) is 8.15. The molecule has 3 N–H and O–H groups in total. The van der Waals surface area contributed by atoms with Crippen LogP contribution in [0.3, 0.4) is 0 Å². The summed E-state index contributed by atoms with van der Waals surface area (Å²) in [5, 5.41) is 17.1. The van der Waals surface area contributed by atoms with Crippen molar-refractivity contribution in [2.45, 2.75) is 56.5 Å². The van der Waals surface area contributed by atoms with Crippen LogP contribution in [0, 0.1) is 11.8 Å². The van der Waals surface area contributed by atoms with Gasteiger partial charge in [-0.1, -0.05) is 47.5 Å². The number of carbonyl (C=O) groups excluding carboxylic acids is 1. The van der Waals surface area contributed by atoms with Crippen molar-refractivity contribution in [3.63, 3.8) is 0 Å². The van der Waals surface area contributed by atoms with Gasteiger partial charge in [0.25, 0.3) is 0 Å². The Hall–Kier alpha value is -3.22. The molecule has 3 aromatic carbocycles. The monoisotopic (exact) mass is 580 g/mol. The lowest BCUT2D eigenvalue weighted by Crippen LogP contribution is -2.56. The minimum absolute atomic E-state index is 0.0139. The molecule has 0 spiro atoms. The van der Waals surface area contributed by atoms with E-state index in [0.717, 1.165) is 35.0 Å². The number of aliphatic carboxylic acids is 1. The fraction of sp³-hybridized carbons (Fsp3) is 0.375. The molecule has 4 unspecified atom stereocenters. The van der Waals surface area contributed by atoms with Gasteiger partial charge in [0.1, 0.15) is 5.75 Å². The predicted molar refractivity (Wildman–Crippen MR) is 158 cm³/mol. The molecule has 8 heteroatoms. The third-order valence-corrected chi connectivity index (χ3v) is 8.65. The highest BCUT2D eigenvalue weighted by atomic mass is 35.5. The third kappa shape index (κ3) is 7.10. The topological polar surface area (TPSA) is 87.7 Å². The highest BCUT2D eigenvalue weighted by molar-refractivity contribution is 6.30. The zero-order valence-electron chi connectivity index (χ0n) is 22.2. The van der Waals surface area contributed by atoms with Gasteiger partial charge in [-0.3, -0.25) is 9.59 Å². The van der Waals surface area contributed by atoms with Gasteiger partial charge >= 0.3 is 5.97 Å². The number of hydrogen-bond donors (Lipinski definition) is 3. The Morgan fingerprint density at radius 1 is 0.950 bits per heavy atom. The summed E-state index contributed by atoms with van der Waals surface area (Å²) in [5.41, 5.74) is 3.40. The second-order valence-electron chi connectivity index (χ2n) is 10.8. The molecule has 40 heavy (non-hydrogen) atoms. The van der Waals surface area contributed by atoms with E-state index in [1.54, 1.807) is 0 Å². The number of amides is 1. The van der Waals surface area contributed by atoms with E-state index < -0.39 is 5.97 Å². The van der Waals surface area contributed by atoms with Gasteiger partial charge in [0.2, 0.25) is 5.91 Å². The normalized spacial score (nSPS) is 22.3. The molecule has 0 radical (unpaired) electrons. The maximum absolute atomic E-state index is 12.7. The molecule has 2 fully saturated rings. The Morgan fingerprint density at radius 3 is 2.17 bits per heavy atom. The van der Waals surface area contributed by atoms with Crippen LogP contribution >= 0.6 is 23.2 Å². The van der Waals surface area contributed by atoms with Crippen LogP contribution in [0.25, 0.3) is 0 Å². The molecule has 0 bridgehead atoms. The molecule has 210 valence electrons. The lowest BCUT2D eigenvalue weighted by molar-refractivity contribution is -0.137. The first kappa shape index (κ1) is 28.3. The number of nitrogens with one attached hydrogen (secondary N) is 2. The number of anilines is 1. The first-order valence-electron chi connectivity index (χ1n) is 13.9. The Labute approximate surface area is 245 Å². The average molecular weight is 582 g/mol. The molecule has 5 rings (SSSR count). The van der Waals surface area contributed by atoms with Crippen LogP contribution in [0.2, 0.25) is 10.0 Å². The molecule has 1 aliphatic carbocycles. The van der Waals surface area contributed by atoms with Gasteiger partial charge in [-0.25, -0.2) is 0 Å². The van der Waals surface area contributed by atoms with Crippen LogP contribution in [0.4, 0.5) is 5.69 Å². The van der Waals surface area contributed by atoms with Crippen molar-refractivity contribution in [2.75, 3.05) is 11.9 Å². The van der Waals surface area contributed by atoms with Crippen molar-refractivity contribution in [1.82, 2.24) is 5.32 Å². The second kappa shape index (κ2) is 13.0. The van der Waals surface area contributed by atoms with E-state index in [4.69, 9.17) is 33.0 Å². The zero-order chi connectivity index (χ0) is 28.1. The van der Waals surface area contributed by atoms with E-state index >= 15 is 0 Å². The minimum Gasteiger partial charge on any atom is -0.494 e. The molecule has 1 aliphatic heterocycles. The van der Waals surface area contributed by atoms with Crippen LogP contribution in [-0.2, 0) is 9.59 Å². The Bertz CT molecular complexity index is 1250. The Balaban J connectivity index is 1.32. The van der Waals surface area contributed by atoms with Crippen LogP contribution < -0.4 is 15.4 Å². The summed E-state index contributed by atoms with van der Waals surface area (Å²) in [6, 6.07) is 24.1. The largest absolute Gasteiger partial charge is 0.494 e. The quantitative estimate of drug-likeness (QED) is 0.221. The van der Waals surface area contributed by atoms with Crippen molar-refractivity contribution in [1.29, 1.82) is 0 Å². The van der Waals surface area contributed by atoms with Crippen molar-refractivity contribution < 1.29 is 19.4 Å². The molecular formula is C32H34Cl2N2O4. The van der Waals surface area contributed by atoms with E-state index in [1.165, 1.54) is 11.1 Å². The molecule has 1 heterocycles. The number of rotatable bonds is 10. The van der Waals surface area contributed by atoms with E-state index in [2.05, 4.69) is 34.9 Å². The second-order valence-corrected chi connectivity index (χ2v) is 11.7. The Morgan fingerprint density at radius 2 is 1.57 bits per heavy atom. The van der Waals surface area contributed by atoms with Gasteiger partial charge in [-0.2, -0.15) is 0 Å². The fourth-order valence-electron chi connectivity index (χ4n) is 6.29. The van der Waals surface area contributed by atoms with Gasteiger partial charge in [0, 0.05) is 52.5 Å². The van der Waals surface area contributed by atoms with E-state index in [1.807, 2.05) is 48.5 Å². The summed E-state index contributed by atoms with van der Waals surface area (Å²) in [6.45, 7) is 0.357. The number of halogens is 2. The van der Waals surface area contributed by atoms with Gasteiger partial charge in [0.15, 0.2) is 0 Å². The first-order chi connectivity index (χ1) is 19.4. The van der Waals surface area contributed by atoms with E-state index in [-0.39, 0.29) is 36.2 Å². The van der Waals surface area contributed by atoms with Crippen molar-refractivity contribution in [2.24, 2.45) is 11.8 Å². The Kier molecular flexibility index (Phi) is 9.18. The lowest BCUT2D eigenvalue weighted by atomic mass is 9.65.